The zero-order chi connectivity index (χ0) is 63.9. The average molecular weight is 1220 g/mol. The minimum atomic E-state index is -4.65. The van der Waals surface area contributed by atoms with Crippen LogP contribution in [0.4, 0.5) is 17.6 Å². The molecular weight excluding hydrogens is 1150 g/mol. The maximum Gasteiger partial charge on any atom is 0.433 e. The van der Waals surface area contributed by atoms with Crippen molar-refractivity contribution >= 4 is 17.7 Å². The summed E-state index contributed by atoms with van der Waals surface area (Å²) in [4.78, 5) is 81.3. The Balaban J connectivity index is 0.853. The SMILES string of the molecule is CCCN(CC(O)c1cnccc1OC)C(=O)Cc1cnc(C(C)(C)Cc2ccc(C(O)CN(Cc3ccccc3)C(=O)Cc3cnc(C(C)(C)Cc4ccc(C(O)CN(Cc5cccc(F)c5)C(=O)Cc5ccc(C(F)(F)F)nc5)cn4)nc3)cn2)nc1. The summed E-state index contributed by atoms with van der Waals surface area (Å²) in [5, 5.41) is 34.0. The van der Waals surface area contributed by atoms with Gasteiger partial charge in [0, 0.05) is 127 Å². The van der Waals surface area contributed by atoms with Gasteiger partial charge in [0.1, 0.15) is 35.0 Å². The van der Waals surface area contributed by atoms with Crippen LogP contribution < -0.4 is 4.74 Å². The molecule has 0 radical (unpaired) electrons. The number of amides is 3. The number of alkyl halides is 3. The molecule has 0 aliphatic rings. The quantitative estimate of drug-likeness (QED) is 0.0388. The van der Waals surface area contributed by atoms with E-state index in [9.17, 15) is 47.3 Å². The molecule has 0 saturated heterocycles. The number of methoxy groups -OCH3 is 1. The Labute approximate surface area is 514 Å². The van der Waals surface area contributed by atoms with Crippen LogP contribution in [0.15, 0.2) is 153 Å². The molecule has 0 fully saturated rings. The third-order valence-corrected chi connectivity index (χ3v) is 15.1. The van der Waals surface area contributed by atoms with Crippen LogP contribution in [0.3, 0.4) is 0 Å². The Morgan fingerprint density at radius 1 is 0.528 bits per heavy atom. The fourth-order valence-corrected chi connectivity index (χ4v) is 10.2. The second-order valence-electron chi connectivity index (χ2n) is 23.4. The van der Waals surface area contributed by atoms with Gasteiger partial charge in [-0.2, -0.15) is 13.2 Å². The van der Waals surface area contributed by atoms with Gasteiger partial charge >= 0.3 is 6.18 Å². The van der Waals surface area contributed by atoms with Crippen molar-refractivity contribution in [1.82, 2.24) is 54.6 Å². The first-order valence-electron chi connectivity index (χ1n) is 29.1. The van der Waals surface area contributed by atoms with Gasteiger partial charge in [0.15, 0.2) is 0 Å². The van der Waals surface area contributed by atoms with Gasteiger partial charge in [0.05, 0.1) is 58.2 Å². The standard InChI is InChI=1S/C67H73F4N11O7/c1-7-24-80(43-57(85)54-38-72-23-22-58(54)89-6)60(86)27-47-32-76-63(77-33-47)65(2,3)29-52-19-17-49(36-73-52)55(83)41-81(39-44-12-9-8-10-13-44)62(88)28-48-34-78-64(79-35-48)66(4,5)30-53-20-18-50(37-74-53)56(84)42-82(40-46-14-11-15-51(68)25-46)61(87)26-45-16-21-59(75-31-45)67(69,70)71/h8-23,25,31-38,55-57,83-85H,7,24,26-30,39-43H2,1-6H3. The summed E-state index contributed by atoms with van der Waals surface area (Å²) in [6, 6.07) is 25.8. The van der Waals surface area contributed by atoms with E-state index in [1.165, 1.54) is 48.7 Å². The van der Waals surface area contributed by atoms with Gasteiger partial charge in [-0.25, -0.2) is 24.3 Å². The Bertz CT molecular complexity index is 3600. The Morgan fingerprint density at radius 2 is 1.02 bits per heavy atom. The van der Waals surface area contributed by atoms with Gasteiger partial charge in [-0.1, -0.05) is 95.3 Å². The van der Waals surface area contributed by atoms with Crippen molar-refractivity contribution in [2.24, 2.45) is 0 Å². The van der Waals surface area contributed by atoms with Crippen molar-refractivity contribution in [3.05, 3.63) is 232 Å². The van der Waals surface area contributed by atoms with Crippen molar-refractivity contribution in [3.8, 4) is 5.75 Å². The molecule has 0 aliphatic carbocycles. The number of hydrogen-bond acceptors (Lipinski definition) is 15. The van der Waals surface area contributed by atoms with E-state index in [1.807, 2.05) is 71.0 Å². The van der Waals surface area contributed by atoms with Crippen molar-refractivity contribution in [2.75, 3.05) is 33.3 Å². The lowest BCUT2D eigenvalue weighted by Crippen LogP contribution is -2.36. The summed E-state index contributed by atoms with van der Waals surface area (Å²) >= 11 is 0. The molecule has 0 aliphatic heterocycles. The third kappa shape index (κ3) is 18.5. The van der Waals surface area contributed by atoms with Gasteiger partial charge in [-0.3, -0.25) is 34.3 Å². The highest BCUT2D eigenvalue weighted by molar-refractivity contribution is 5.80. The van der Waals surface area contributed by atoms with Crippen molar-refractivity contribution in [3.63, 3.8) is 0 Å². The minimum Gasteiger partial charge on any atom is -0.496 e. The second-order valence-corrected chi connectivity index (χ2v) is 23.4. The number of benzene rings is 2. The first kappa shape index (κ1) is 66.0. The van der Waals surface area contributed by atoms with E-state index in [0.717, 1.165) is 23.5 Å². The summed E-state index contributed by atoms with van der Waals surface area (Å²) in [6.45, 7) is 10.3. The van der Waals surface area contributed by atoms with Crippen LogP contribution in [0, 0.1) is 5.82 Å². The highest BCUT2D eigenvalue weighted by Gasteiger charge is 2.33. The number of carbonyl (C=O) groups excluding carboxylic acids is 3. The number of nitrogens with zero attached hydrogens (tertiary/aromatic N) is 11. The van der Waals surface area contributed by atoms with Gasteiger partial charge in [-0.05, 0) is 70.6 Å². The molecule has 3 amide bonds. The number of aliphatic hydroxyl groups is 3. The molecule has 6 aromatic heterocycles. The first-order valence-corrected chi connectivity index (χ1v) is 29.1. The average Bonchev–Trinajstić information content (AvgIpc) is 2.37. The van der Waals surface area contributed by atoms with Crippen molar-refractivity contribution < 1.29 is 52.0 Å². The third-order valence-electron chi connectivity index (χ3n) is 15.1. The lowest BCUT2D eigenvalue weighted by molar-refractivity contribution is -0.141. The van der Waals surface area contributed by atoms with E-state index in [2.05, 4.69) is 34.9 Å². The molecule has 0 saturated carbocycles. The van der Waals surface area contributed by atoms with E-state index in [4.69, 9.17) is 9.72 Å². The van der Waals surface area contributed by atoms with E-state index >= 15 is 0 Å². The van der Waals surface area contributed by atoms with Crippen LogP contribution in [0.2, 0.25) is 0 Å². The molecule has 8 rings (SSSR count). The summed E-state index contributed by atoms with van der Waals surface area (Å²) in [5.41, 5.74) is 3.23. The predicted molar refractivity (Wildman–Crippen MR) is 323 cm³/mol. The zero-order valence-corrected chi connectivity index (χ0v) is 50.6. The Morgan fingerprint density at radius 3 is 1.49 bits per heavy atom. The van der Waals surface area contributed by atoms with Crippen LogP contribution >= 0.6 is 0 Å². The molecule has 22 heteroatoms. The second kappa shape index (κ2) is 29.8. The summed E-state index contributed by atoms with van der Waals surface area (Å²) in [7, 11) is 1.52. The topological polar surface area (TPSA) is 234 Å². The van der Waals surface area contributed by atoms with E-state index in [-0.39, 0.29) is 69.4 Å². The molecule has 8 aromatic rings. The molecule has 3 unspecified atom stereocenters. The number of hydrogen-bond donors (Lipinski definition) is 3. The molecule has 0 bridgehead atoms. The van der Waals surface area contributed by atoms with Crippen molar-refractivity contribution in [1.29, 1.82) is 0 Å². The van der Waals surface area contributed by atoms with Crippen LogP contribution in [0.1, 0.15) is 133 Å². The smallest absolute Gasteiger partial charge is 0.433 e. The number of halogens is 4. The number of ether oxygens (including phenoxy) is 1. The largest absolute Gasteiger partial charge is 0.496 e. The molecule has 2 aromatic carbocycles. The Hall–Kier alpha value is -8.99. The van der Waals surface area contributed by atoms with Gasteiger partial charge in [0.2, 0.25) is 17.7 Å². The molecular formula is C67H73F4N11O7. The molecule has 89 heavy (non-hydrogen) atoms. The highest BCUT2D eigenvalue weighted by Crippen LogP contribution is 2.30. The number of aromatic nitrogens is 8. The number of carbonyl (C=O) groups is 3. The molecule has 6 heterocycles. The molecule has 466 valence electrons. The summed E-state index contributed by atoms with van der Waals surface area (Å²) < 4.78 is 59.0. The van der Waals surface area contributed by atoms with Crippen LogP contribution in [0.25, 0.3) is 0 Å². The van der Waals surface area contributed by atoms with Crippen LogP contribution in [-0.2, 0) is 76.6 Å². The normalized spacial score (nSPS) is 12.9. The minimum absolute atomic E-state index is 0.0249. The number of aliphatic hydroxyl groups excluding tert-OH is 3. The molecule has 18 nitrogen and oxygen atoms in total. The number of rotatable bonds is 28. The van der Waals surface area contributed by atoms with Crippen LogP contribution in [-0.4, -0.2) is 121 Å². The van der Waals surface area contributed by atoms with Crippen molar-refractivity contribution in [2.45, 2.75) is 122 Å². The van der Waals surface area contributed by atoms with Gasteiger partial charge < -0.3 is 34.8 Å². The fraction of sp³-hybridized carbons (Fsp3) is 0.358. The van der Waals surface area contributed by atoms with E-state index < -0.39 is 52.7 Å². The molecule has 3 N–H and O–H groups in total. The molecule has 0 spiro atoms. The monoisotopic (exact) mass is 1220 g/mol. The highest BCUT2D eigenvalue weighted by atomic mass is 19.4. The van der Waals surface area contributed by atoms with Gasteiger partial charge in [-0.15, -0.1) is 0 Å². The maximum absolute atomic E-state index is 14.2. The summed E-state index contributed by atoms with van der Waals surface area (Å²) in [6.07, 6.45) is 7.03. The van der Waals surface area contributed by atoms with E-state index in [0.29, 0.717) is 82.3 Å². The first-order chi connectivity index (χ1) is 42.5. The predicted octanol–water partition coefficient (Wildman–Crippen LogP) is 9.18. The Kier molecular flexibility index (Phi) is 22.1. The fourth-order valence-electron chi connectivity index (χ4n) is 10.2. The number of pyridine rings is 4. The zero-order valence-electron chi connectivity index (χ0n) is 50.6. The van der Waals surface area contributed by atoms with E-state index in [1.54, 1.807) is 77.3 Å². The van der Waals surface area contributed by atoms with Crippen LogP contribution in [0.5, 0.6) is 5.75 Å². The maximum atomic E-state index is 14.2. The lowest BCUT2D eigenvalue weighted by atomic mass is 9.86. The van der Waals surface area contributed by atoms with Gasteiger partial charge in [0.25, 0.3) is 0 Å². The summed E-state index contributed by atoms with van der Waals surface area (Å²) in [5.74, 6) is 0.0715. The molecule has 3 atom stereocenters. The lowest BCUT2D eigenvalue weighted by Gasteiger charge is -2.27.